The molecule has 0 atom stereocenters. The summed E-state index contributed by atoms with van der Waals surface area (Å²) < 4.78 is 2.38. The number of rotatable bonds is 2. The van der Waals surface area contributed by atoms with Crippen molar-refractivity contribution in [2.75, 3.05) is 0 Å². The molecule has 2 aromatic carbocycles. The lowest BCUT2D eigenvalue weighted by Gasteiger charge is -2.15. The lowest BCUT2D eigenvalue weighted by molar-refractivity contribution is -0.649. The first-order valence-electron chi connectivity index (χ1n) is 8.95. The third-order valence-corrected chi connectivity index (χ3v) is 5.35. The molecule has 0 saturated carbocycles. The van der Waals surface area contributed by atoms with E-state index in [1.165, 1.54) is 55.9 Å². The molecule has 1 nitrogen and oxygen atoms in total. The van der Waals surface area contributed by atoms with E-state index in [-0.39, 0.29) is 0 Å². The molecule has 3 aromatic rings. The number of pyridine rings is 1. The number of benzene rings is 2. The molecule has 0 aliphatic rings. The fourth-order valence-electron chi connectivity index (χ4n) is 3.94. The number of aryl methyl sites for hydroxylation is 6. The Morgan fingerprint density at radius 3 is 1.68 bits per heavy atom. The maximum absolute atomic E-state index is 2.38. The van der Waals surface area contributed by atoms with Crippen molar-refractivity contribution in [2.24, 2.45) is 7.05 Å². The van der Waals surface area contributed by atoms with Crippen LogP contribution in [0.2, 0.25) is 0 Å². The minimum absolute atomic E-state index is 1.30. The summed E-state index contributed by atoms with van der Waals surface area (Å²) in [5.41, 5.74) is 13.2. The molecular weight excluding hydrogens is 302 g/mol. The smallest absolute Gasteiger partial charge is 0.194 e. The van der Waals surface area contributed by atoms with Crippen LogP contribution in [0.4, 0.5) is 0 Å². The summed E-state index contributed by atoms with van der Waals surface area (Å²) in [5.74, 6) is 0. The molecular formula is C24H28N+. The zero-order valence-electron chi connectivity index (χ0n) is 16.5. The Bertz CT molecular complexity index is 964. The Hall–Kier alpha value is -2.41. The molecule has 1 aromatic heterocycles. The van der Waals surface area contributed by atoms with Crippen molar-refractivity contribution < 1.29 is 4.57 Å². The van der Waals surface area contributed by atoms with Gasteiger partial charge in [-0.25, -0.2) is 0 Å². The largest absolute Gasteiger partial charge is 0.215 e. The van der Waals surface area contributed by atoms with Crippen molar-refractivity contribution in [2.45, 2.75) is 41.5 Å². The number of aromatic nitrogens is 1. The van der Waals surface area contributed by atoms with Gasteiger partial charge in [0.1, 0.15) is 7.05 Å². The molecule has 0 fully saturated rings. The predicted molar refractivity (Wildman–Crippen MR) is 107 cm³/mol. The van der Waals surface area contributed by atoms with E-state index >= 15 is 0 Å². The second kappa shape index (κ2) is 6.48. The lowest BCUT2D eigenvalue weighted by Crippen LogP contribution is -2.36. The Labute approximate surface area is 152 Å². The highest BCUT2D eigenvalue weighted by molar-refractivity contribution is 5.70. The summed E-state index contributed by atoms with van der Waals surface area (Å²) in [4.78, 5) is 0. The van der Waals surface area contributed by atoms with Gasteiger partial charge in [0.05, 0.1) is 0 Å². The van der Waals surface area contributed by atoms with Crippen LogP contribution in [0.1, 0.15) is 33.4 Å². The second-order valence-electron chi connectivity index (χ2n) is 7.33. The first-order chi connectivity index (χ1) is 11.8. The van der Waals surface area contributed by atoms with Crippen LogP contribution in [0.5, 0.6) is 0 Å². The van der Waals surface area contributed by atoms with Crippen LogP contribution in [0.25, 0.3) is 22.5 Å². The first kappa shape index (κ1) is 17.4. The van der Waals surface area contributed by atoms with E-state index in [4.69, 9.17) is 0 Å². The van der Waals surface area contributed by atoms with E-state index in [1.54, 1.807) is 0 Å². The normalized spacial score (nSPS) is 11.0. The maximum atomic E-state index is 2.38. The third-order valence-electron chi connectivity index (χ3n) is 5.35. The van der Waals surface area contributed by atoms with Gasteiger partial charge in [-0.1, -0.05) is 24.3 Å². The molecule has 1 heteroatoms. The van der Waals surface area contributed by atoms with Crippen LogP contribution in [0.3, 0.4) is 0 Å². The molecule has 0 saturated heterocycles. The summed E-state index contributed by atoms with van der Waals surface area (Å²) in [6.45, 7) is 13.2. The van der Waals surface area contributed by atoms with Crippen LogP contribution in [0, 0.1) is 41.5 Å². The molecule has 0 radical (unpaired) electrons. The molecule has 0 unspecified atom stereocenters. The van der Waals surface area contributed by atoms with E-state index in [1.807, 2.05) is 0 Å². The molecule has 128 valence electrons. The molecule has 1 heterocycles. The van der Waals surface area contributed by atoms with Crippen molar-refractivity contribution in [1.82, 2.24) is 0 Å². The third kappa shape index (κ3) is 3.00. The molecule has 0 aliphatic carbocycles. The molecule has 0 N–H and O–H groups in total. The van der Waals surface area contributed by atoms with Crippen LogP contribution >= 0.6 is 0 Å². The van der Waals surface area contributed by atoms with Gasteiger partial charge in [0, 0.05) is 22.3 Å². The minimum Gasteiger partial charge on any atom is -0.194 e. The molecule has 0 aliphatic heterocycles. The standard InChI is InChI=1S/C24H28N/c1-15-10-8-9-11-21(15)23-19(5)13-20(6)24(25(23)7)22-14-17(3)16(2)12-18(22)4/h8-14H,1-7H3/q+1. The van der Waals surface area contributed by atoms with Crippen molar-refractivity contribution in [3.8, 4) is 22.5 Å². The van der Waals surface area contributed by atoms with Gasteiger partial charge in [-0.15, -0.1) is 0 Å². The van der Waals surface area contributed by atoms with Crippen molar-refractivity contribution in [1.29, 1.82) is 0 Å². The van der Waals surface area contributed by atoms with Crippen molar-refractivity contribution >= 4 is 0 Å². The minimum atomic E-state index is 1.30. The summed E-state index contributed by atoms with van der Waals surface area (Å²) in [5, 5.41) is 0. The van der Waals surface area contributed by atoms with Gasteiger partial charge in [-0.05, 0) is 82.0 Å². The highest BCUT2D eigenvalue weighted by Gasteiger charge is 2.24. The first-order valence-corrected chi connectivity index (χ1v) is 8.95. The average Bonchev–Trinajstić information content (AvgIpc) is 2.53. The van der Waals surface area contributed by atoms with Crippen molar-refractivity contribution in [3.05, 3.63) is 75.8 Å². The molecule has 0 amide bonds. The predicted octanol–water partition coefficient (Wildman–Crippen LogP) is 5.70. The highest BCUT2D eigenvalue weighted by atomic mass is 15.0. The van der Waals surface area contributed by atoms with E-state index in [0.29, 0.717) is 0 Å². The van der Waals surface area contributed by atoms with E-state index < -0.39 is 0 Å². The van der Waals surface area contributed by atoms with Gasteiger partial charge < -0.3 is 0 Å². The maximum Gasteiger partial charge on any atom is 0.215 e. The molecule has 0 bridgehead atoms. The van der Waals surface area contributed by atoms with E-state index in [9.17, 15) is 0 Å². The van der Waals surface area contributed by atoms with Gasteiger partial charge >= 0.3 is 0 Å². The van der Waals surface area contributed by atoms with Gasteiger partial charge in [-0.2, -0.15) is 4.57 Å². The number of hydrogen-bond acceptors (Lipinski definition) is 0. The summed E-state index contributed by atoms with van der Waals surface area (Å²) in [6, 6.07) is 15.6. The van der Waals surface area contributed by atoms with Gasteiger partial charge in [0.15, 0.2) is 0 Å². The summed E-state index contributed by atoms with van der Waals surface area (Å²) >= 11 is 0. The Morgan fingerprint density at radius 2 is 1.04 bits per heavy atom. The summed E-state index contributed by atoms with van der Waals surface area (Å²) in [6.07, 6.45) is 0. The number of nitrogens with zero attached hydrogens (tertiary/aromatic N) is 1. The fourth-order valence-corrected chi connectivity index (χ4v) is 3.94. The van der Waals surface area contributed by atoms with Crippen LogP contribution in [-0.4, -0.2) is 0 Å². The van der Waals surface area contributed by atoms with Crippen LogP contribution < -0.4 is 4.57 Å². The lowest BCUT2D eigenvalue weighted by atomic mass is 9.93. The Balaban J connectivity index is 2.36. The van der Waals surface area contributed by atoms with Gasteiger partial charge in [-0.3, -0.25) is 0 Å². The zero-order chi connectivity index (χ0) is 18.3. The zero-order valence-corrected chi connectivity index (χ0v) is 16.5. The monoisotopic (exact) mass is 330 g/mol. The van der Waals surface area contributed by atoms with Gasteiger partial charge in [0.2, 0.25) is 11.4 Å². The molecule has 3 rings (SSSR count). The average molecular weight is 330 g/mol. The Kier molecular flexibility index (Phi) is 4.51. The van der Waals surface area contributed by atoms with Crippen molar-refractivity contribution in [3.63, 3.8) is 0 Å². The quantitative estimate of drug-likeness (QED) is 0.531. The van der Waals surface area contributed by atoms with Gasteiger partial charge in [0.25, 0.3) is 0 Å². The molecule has 0 spiro atoms. The summed E-state index contributed by atoms with van der Waals surface area (Å²) in [7, 11) is 2.20. The van der Waals surface area contributed by atoms with Crippen LogP contribution in [0.15, 0.2) is 42.5 Å². The molecule has 25 heavy (non-hydrogen) atoms. The topological polar surface area (TPSA) is 3.88 Å². The Morgan fingerprint density at radius 1 is 0.520 bits per heavy atom. The van der Waals surface area contributed by atoms with Crippen LogP contribution in [-0.2, 0) is 7.05 Å². The van der Waals surface area contributed by atoms with E-state index in [0.717, 1.165) is 0 Å². The fraction of sp³-hybridized carbons (Fsp3) is 0.292. The van der Waals surface area contributed by atoms with E-state index in [2.05, 4.69) is 95.6 Å². The SMILES string of the molecule is Cc1cc(C)c(-c2c(C)cc(C)c(-c3ccccc3C)[n+]2C)cc1C. The number of hydrogen-bond donors (Lipinski definition) is 0. The highest BCUT2D eigenvalue weighted by Crippen LogP contribution is 2.31. The second-order valence-corrected chi connectivity index (χ2v) is 7.33.